The van der Waals surface area contributed by atoms with E-state index in [4.69, 9.17) is 9.47 Å². The van der Waals surface area contributed by atoms with Gasteiger partial charge in [-0.25, -0.2) is 9.59 Å². The van der Waals surface area contributed by atoms with E-state index in [2.05, 4.69) is 10.6 Å². The summed E-state index contributed by atoms with van der Waals surface area (Å²) in [6.07, 6.45) is 0.722. The first-order chi connectivity index (χ1) is 11.5. The van der Waals surface area contributed by atoms with E-state index in [1.165, 1.54) is 7.11 Å². The van der Waals surface area contributed by atoms with Crippen LogP contribution in [0.25, 0.3) is 0 Å². The van der Waals surface area contributed by atoms with Crippen molar-refractivity contribution >= 4 is 18.0 Å². The summed E-state index contributed by atoms with van der Waals surface area (Å²) in [5.74, 6) is -1.13. The second-order valence-corrected chi connectivity index (χ2v) is 7.40. The fourth-order valence-electron chi connectivity index (χ4n) is 2.18. The Morgan fingerprint density at radius 1 is 0.920 bits per heavy atom. The average molecular weight is 358 g/mol. The number of rotatable bonds is 8. The van der Waals surface area contributed by atoms with Crippen LogP contribution < -0.4 is 10.6 Å². The van der Waals surface area contributed by atoms with E-state index in [1.54, 1.807) is 20.8 Å². The van der Waals surface area contributed by atoms with Gasteiger partial charge >= 0.3 is 12.1 Å². The monoisotopic (exact) mass is 358 g/mol. The first-order valence-corrected chi connectivity index (χ1v) is 8.84. The van der Waals surface area contributed by atoms with Crippen molar-refractivity contribution in [2.24, 2.45) is 11.8 Å². The van der Waals surface area contributed by atoms with Gasteiger partial charge in [-0.1, -0.05) is 40.5 Å². The highest BCUT2D eigenvalue weighted by atomic mass is 16.6. The van der Waals surface area contributed by atoms with E-state index in [0.717, 1.165) is 0 Å². The molecule has 0 radical (unpaired) electrons. The molecular formula is C18H34N2O5. The number of nitrogens with one attached hydrogen (secondary N) is 2. The number of ether oxygens (including phenoxy) is 2. The minimum Gasteiger partial charge on any atom is -0.467 e. The Bertz CT molecular complexity index is 459. The minimum atomic E-state index is -0.795. The third kappa shape index (κ3) is 8.23. The molecule has 0 saturated heterocycles. The van der Waals surface area contributed by atoms with Crippen LogP contribution >= 0.6 is 0 Å². The molecule has 0 aliphatic heterocycles. The van der Waals surface area contributed by atoms with Gasteiger partial charge < -0.3 is 20.1 Å². The van der Waals surface area contributed by atoms with Crippen LogP contribution in [0, 0.1) is 11.8 Å². The zero-order chi connectivity index (χ0) is 19.8. The molecule has 0 saturated carbocycles. The fourth-order valence-corrected chi connectivity index (χ4v) is 2.18. The van der Waals surface area contributed by atoms with Gasteiger partial charge in [-0.15, -0.1) is 0 Å². The van der Waals surface area contributed by atoms with Gasteiger partial charge in [-0.2, -0.15) is 0 Å². The highest BCUT2D eigenvalue weighted by Gasteiger charge is 2.33. The Morgan fingerprint density at radius 3 is 1.80 bits per heavy atom. The van der Waals surface area contributed by atoms with Gasteiger partial charge in [-0.3, -0.25) is 4.79 Å². The summed E-state index contributed by atoms with van der Waals surface area (Å²) in [4.78, 5) is 36.7. The number of carbonyl (C=O) groups excluding carboxylic acids is 3. The first kappa shape index (κ1) is 23.2. The van der Waals surface area contributed by atoms with Crippen LogP contribution in [0.4, 0.5) is 4.79 Å². The van der Waals surface area contributed by atoms with Crippen molar-refractivity contribution in [3.05, 3.63) is 0 Å². The summed E-state index contributed by atoms with van der Waals surface area (Å²) in [6.45, 7) is 12.8. The van der Waals surface area contributed by atoms with Crippen molar-refractivity contribution in [3.63, 3.8) is 0 Å². The average Bonchev–Trinajstić information content (AvgIpc) is 2.53. The van der Waals surface area contributed by atoms with Crippen LogP contribution in [0.15, 0.2) is 0 Å². The van der Waals surface area contributed by atoms with Crippen molar-refractivity contribution in [3.8, 4) is 0 Å². The van der Waals surface area contributed by atoms with Gasteiger partial charge in [0.15, 0.2) is 0 Å². The van der Waals surface area contributed by atoms with E-state index in [1.807, 2.05) is 27.7 Å². The number of hydrogen-bond acceptors (Lipinski definition) is 5. The molecule has 0 spiro atoms. The molecule has 4 atom stereocenters. The third-order valence-electron chi connectivity index (χ3n) is 4.13. The predicted octanol–water partition coefficient (Wildman–Crippen LogP) is 2.63. The Labute approximate surface area is 151 Å². The second-order valence-electron chi connectivity index (χ2n) is 7.40. The molecule has 2 amide bonds. The minimum absolute atomic E-state index is 0.0875. The van der Waals surface area contributed by atoms with E-state index in [-0.39, 0.29) is 11.8 Å². The largest absolute Gasteiger partial charge is 0.467 e. The highest BCUT2D eigenvalue weighted by Crippen LogP contribution is 2.14. The normalized spacial score (nSPS) is 16.2. The third-order valence-corrected chi connectivity index (χ3v) is 4.13. The quantitative estimate of drug-likeness (QED) is 0.651. The summed E-state index contributed by atoms with van der Waals surface area (Å²) in [5, 5.41) is 5.34. The summed E-state index contributed by atoms with van der Waals surface area (Å²) >= 11 is 0. The molecule has 146 valence electrons. The number of amides is 2. The molecule has 7 heteroatoms. The lowest BCUT2D eigenvalue weighted by molar-refractivity contribution is -0.147. The summed E-state index contributed by atoms with van der Waals surface area (Å²) in [5.41, 5.74) is -0.661. The van der Waals surface area contributed by atoms with Crippen molar-refractivity contribution in [1.82, 2.24) is 10.6 Å². The van der Waals surface area contributed by atoms with E-state index < -0.39 is 35.7 Å². The van der Waals surface area contributed by atoms with Gasteiger partial charge in [0.25, 0.3) is 0 Å². The van der Waals surface area contributed by atoms with Crippen molar-refractivity contribution < 1.29 is 23.9 Å². The van der Waals surface area contributed by atoms with Crippen LogP contribution in [-0.2, 0) is 19.1 Å². The van der Waals surface area contributed by atoms with Crippen LogP contribution in [-0.4, -0.2) is 42.8 Å². The Balaban J connectivity index is 5.22. The molecule has 25 heavy (non-hydrogen) atoms. The van der Waals surface area contributed by atoms with Gasteiger partial charge in [0.1, 0.15) is 17.7 Å². The molecule has 0 aromatic carbocycles. The second kappa shape index (κ2) is 10.3. The molecule has 2 N–H and O–H groups in total. The SMILES string of the molecule is CC[C@H](C)[C@H](NC(=O)[C@H](NC(=O)OC(C)(C)C)[C@@H](C)CC)C(=O)OC. The first-order valence-electron chi connectivity index (χ1n) is 8.84. The lowest BCUT2D eigenvalue weighted by atomic mass is 9.95. The molecule has 0 aliphatic rings. The maximum absolute atomic E-state index is 12.7. The molecule has 0 heterocycles. The van der Waals surface area contributed by atoms with Gasteiger partial charge in [0.05, 0.1) is 7.11 Å². The van der Waals surface area contributed by atoms with E-state index in [9.17, 15) is 14.4 Å². The molecule has 7 nitrogen and oxygen atoms in total. The summed E-state index contributed by atoms with van der Waals surface area (Å²) in [7, 11) is 1.29. The predicted molar refractivity (Wildman–Crippen MR) is 96.0 cm³/mol. The van der Waals surface area contributed by atoms with Crippen LogP contribution in [0.5, 0.6) is 0 Å². The van der Waals surface area contributed by atoms with Crippen molar-refractivity contribution in [1.29, 1.82) is 0 Å². The Morgan fingerprint density at radius 2 is 1.40 bits per heavy atom. The van der Waals surface area contributed by atoms with Gasteiger partial charge in [0, 0.05) is 0 Å². The maximum Gasteiger partial charge on any atom is 0.408 e. The summed E-state index contributed by atoms with van der Waals surface area (Å²) in [6, 6.07) is -1.55. The molecule has 0 aromatic heterocycles. The number of alkyl carbamates (subject to hydrolysis) is 1. The molecular weight excluding hydrogens is 324 g/mol. The van der Waals surface area contributed by atoms with Gasteiger partial charge in [0.2, 0.25) is 5.91 Å². The number of carbonyl (C=O) groups is 3. The molecule has 0 aliphatic carbocycles. The maximum atomic E-state index is 12.7. The zero-order valence-corrected chi connectivity index (χ0v) is 16.8. The topological polar surface area (TPSA) is 93.7 Å². The lowest BCUT2D eigenvalue weighted by Gasteiger charge is -2.29. The molecule has 0 rings (SSSR count). The van der Waals surface area contributed by atoms with E-state index in [0.29, 0.717) is 12.8 Å². The smallest absolute Gasteiger partial charge is 0.408 e. The van der Waals surface area contributed by atoms with E-state index >= 15 is 0 Å². The standard InChI is InChI=1S/C18H34N2O5/c1-9-11(3)13(20-17(23)25-18(5,6)7)15(21)19-14(12(4)10-2)16(22)24-8/h11-14H,9-10H2,1-8H3,(H,19,21)(H,20,23)/t11-,12-,13+,14-/m0/s1. The summed E-state index contributed by atoms with van der Waals surface area (Å²) < 4.78 is 10.0. The molecule has 0 unspecified atom stereocenters. The van der Waals surface area contributed by atoms with Crippen LogP contribution in [0.1, 0.15) is 61.3 Å². The molecule has 0 aromatic rings. The number of hydrogen-bond donors (Lipinski definition) is 2. The van der Waals surface area contributed by atoms with Crippen LogP contribution in [0.2, 0.25) is 0 Å². The van der Waals surface area contributed by atoms with Crippen molar-refractivity contribution in [2.45, 2.75) is 79.0 Å². The van der Waals surface area contributed by atoms with Gasteiger partial charge in [-0.05, 0) is 32.6 Å². The highest BCUT2D eigenvalue weighted by molar-refractivity contribution is 5.90. The number of esters is 1. The molecule has 0 bridgehead atoms. The Hall–Kier alpha value is -1.79. The zero-order valence-electron chi connectivity index (χ0n) is 16.8. The fraction of sp³-hybridized carbons (Fsp3) is 0.833. The van der Waals surface area contributed by atoms with Crippen LogP contribution in [0.3, 0.4) is 0 Å². The lowest BCUT2D eigenvalue weighted by Crippen LogP contribution is -2.56. The Kier molecular flexibility index (Phi) is 9.52. The molecule has 0 fully saturated rings. The number of methoxy groups -OCH3 is 1. The van der Waals surface area contributed by atoms with Crippen molar-refractivity contribution in [2.75, 3.05) is 7.11 Å².